The summed E-state index contributed by atoms with van der Waals surface area (Å²) < 4.78 is 7.54. The number of hydrogen-bond acceptors (Lipinski definition) is 4. The Morgan fingerprint density at radius 3 is 2.94 bits per heavy atom. The lowest BCUT2D eigenvalue weighted by molar-refractivity contribution is 0.297. The molecule has 0 aliphatic rings. The zero-order chi connectivity index (χ0) is 12.8. The van der Waals surface area contributed by atoms with Crippen LogP contribution in [-0.4, -0.2) is 26.7 Å². The van der Waals surface area contributed by atoms with Crippen LogP contribution in [0.3, 0.4) is 0 Å². The lowest BCUT2D eigenvalue weighted by Crippen LogP contribution is -2.03. The summed E-state index contributed by atoms with van der Waals surface area (Å²) in [5.41, 5.74) is 0.976. The summed E-state index contributed by atoms with van der Waals surface area (Å²) >= 11 is 0. The summed E-state index contributed by atoms with van der Waals surface area (Å²) in [4.78, 5) is 0. The first kappa shape index (κ1) is 12.6. The van der Waals surface area contributed by atoms with Gasteiger partial charge in [0.2, 0.25) is 5.88 Å². The molecule has 0 atom stereocenters. The van der Waals surface area contributed by atoms with Crippen molar-refractivity contribution in [3.8, 4) is 11.6 Å². The van der Waals surface area contributed by atoms with Crippen LogP contribution in [0.4, 0.5) is 0 Å². The Morgan fingerprint density at radius 1 is 1.33 bits per heavy atom. The summed E-state index contributed by atoms with van der Waals surface area (Å²) in [6.45, 7) is 2.95. The molecular formula is C13H17N3O2. The molecule has 0 unspecified atom stereocenters. The maximum absolute atomic E-state index is 9.02. The first-order valence-corrected chi connectivity index (χ1v) is 6.10. The van der Waals surface area contributed by atoms with Gasteiger partial charge in [-0.3, -0.25) is 0 Å². The van der Waals surface area contributed by atoms with E-state index in [1.807, 2.05) is 24.3 Å². The zero-order valence-corrected chi connectivity index (χ0v) is 10.4. The van der Waals surface area contributed by atoms with E-state index >= 15 is 0 Å². The van der Waals surface area contributed by atoms with Gasteiger partial charge in [-0.15, -0.1) is 5.10 Å². The molecule has 0 saturated carbocycles. The summed E-state index contributed by atoms with van der Waals surface area (Å²) in [6, 6.07) is 7.66. The van der Waals surface area contributed by atoms with E-state index in [1.54, 1.807) is 10.9 Å². The molecule has 96 valence electrons. The monoisotopic (exact) mass is 247 g/mol. The van der Waals surface area contributed by atoms with Crippen LogP contribution >= 0.6 is 0 Å². The van der Waals surface area contributed by atoms with Crippen LogP contribution in [0.25, 0.3) is 0 Å². The standard InChI is InChI=1S/C13H17N3O2/c1-2-8-16-13(10-14-15-16)18-12-6-4-3-5-11(12)7-9-17/h3-6,10,17H,2,7-9H2,1H3. The van der Waals surface area contributed by atoms with Gasteiger partial charge in [-0.2, -0.15) is 0 Å². The lowest BCUT2D eigenvalue weighted by atomic mass is 10.1. The molecule has 1 N–H and O–H groups in total. The van der Waals surface area contributed by atoms with Gasteiger partial charge in [-0.05, 0) is 24.5 Å². The van der Waals surface area contributed by atoms with Crippen molar-refractivity contribution in [2.75, 3.05) is 6.61 Å². The highest BCUT2D eigenvalue weighted by atomic mass is 16.5. The maximum atomic E-state index is 9.02. The van der Waals surface area contributed by atoms with E-state index in [2.05, 4.69) is 17.2 Å². The molecule has 5 heteroatoms. The summed E-state index contributed by atoms with van der Waals surface area (Å²) in [5.74, 6) is 1.37. The number of aryl methyl sites for hydroxylation is 1. The number of aliphatic hydroxyl groups excluding tert-OH is 1. The largest absolute Gasteiger partial charge is 0.437 e. The van der Waals surface area contributed by atoms with Gasteiger partial charge >= 0.3 is 0 Å². The minimum absolute atomic E-state index is 0.104. The average molecular weight is 247 g/mol. The highest BCUT2D eigenvalue weighted by Crippen LogP contribution is 2.24. The van der Waals surface area contributed by atoms with Gasteiger partial charge in [0.1, 0.15) is 11.9 Å². The van der Waals surface area contributed by atoms with Gasteiger partial charge < -0.3 is 9.84 Å². The second-order valence-corrected chi connectivity index (χ2v) is 3.98. The van der Waals surface area contributed by atoms with Crippen LogP contribution in [0, 0.1) is 0 Å². The number of aliphatic hydroxyl groups is 1. The van der Waals surface area contributed by atoms with Crippen molar-refractivity contribution in [1.82, 2.24) is 15.0 Å². The Morgan fingerprint density at radius 2 is 2.17 bits per heavy atom. The van der Waals surface area contributed by atoms with Crippen molar-refractivity contribution in [2.24, 2.45) is 0 Å². The molecule has 0 spiro atoms. The van der Waals surface area contributed by atoms with Gasteiger partial charge in [-0.1, -0.05) is 30.3 Å². The van der Waals surface area contributed by atoms with E-state index in [0.29, 0.717) is 12.3 Å². The van der Waals surface area contributed by atoms with E-state index in [4.69, 9.17) is 9.84 Å². The van der Waals surface area contributed by atoms with Crippen molar-refractivity contribution in [3.05, 3.63) is 36.0 Å². The molecule has 2 rings (SSSR count). The second-order valence-electron chi connectivity index (χ2n) is 3.98. The van der Waals surface area contributed by atoms with E-state index in [0.717, 1.165) is 24.3 Å². The van der Waals surface area contributed by atoms with Crippen LogP contribution in [0.15, 0.2) is 30.5 Å². The van der Waals surface area contributed by atoms with Crippen LogP contribution < -0.4 is 4.74 Å². The molecule has 5 nitrogen and oxygen atoms in total. The molecule has 0 saturated heterocycles. The Bertz CT molecular complexity index is 496. The Kier molecular flexibility index (Phi) is 4.30. The molecule has 1 aromatic carbocycles. The number of ether oxygens (including phenoxy) is 1. The summed E-state index contributed by atoms with van der Waals surface area (Å²) in [7, 11) is 0. The number of para-hydroxylation sites is 1. The van der Waals surface area contributed by atoms with Crippen LogP contribution in [0.1, 0.15) is 18.9 Å². The first-order chi connectivity index (χ1) is 8.85. The number of rotatable bonds is 6. The van der Waals surface area contributed by atoms with E-state index in [-0.39, 0.29) is 6.61 Å². The molecule has 1 aromatic heterocycles. The van der Waals surface area contributed by atoms with Crippen molar-refractivity contribution in [3.63, 3.8) is 0 Å². The zero-order valence-electron chi connectivity index (χ0n) is 10.4. The fourth-order valence-corrected chi connectivity index (χ4v) is 1.74. The average Bonchev–Trinajstić information content (AvgIpc) is 2.80. The first-order valence-electron chi connectivity index (χ1n) is 6.10. The Hall–Kier alpha value is -1.88. The predicted octanol–water partition coefficient (Wildman–Crippen LogP) is 2.02. The minimum Gasteiger partial charge on any atom is -0.437 e. The lowest BCUT2D eigenvalue weighted by Gasteiger charge is -2.10. The maximum Gasteiger partial charge on any atom is 0.238 e. The number of nitrogens with zero attached hydrogens (tertiary/aromatic N) is 3. The highest BCUT2D eigenvalue weighted by molar-refractivity contribution is 5.35. The third kappa shape index (κ3) is 2.87. The van der Waals surface area contributed by atoms with Crippen LogP contribution in [-0.2, 0) is 13.0 Å². The highest BCUT2D eigenvalue weighted by Gasteiger charge is 2.08. The quantitative estimate of drug-likeness (QED) is 0.848. The fourth-order valence-electron chi connectivity index (χ4n) is 1.74. The van der Waals surface area contributed by atoms with E-state index < -0.39 is 0 Å². The second kappa shape index (κ2) is 6.16. The van der Waals surface area contributed by atoms with Crippen molar-refractivity contribution < 1.29 is 9.84 Å². The fraction of sp³-hybridized carbons (Fsp3) is 0.385. The predicted molar refractivity (Wildman–Crippen MR) is 67.6 cm³/mol. The van der Waals surface area contributed by atoms with Crippen LogP contribution in [0.2, 0.25) is 0 Å². The molecular weight excluding hydrogens is 230 g/mol. The molecule has 2 aromatic rings. The molecule has 0 radical (unpaired) electrons. The third-order valence-electron chi connectivity index (χ3n) is 2.59. The summed E-state index contributed by atoms with van der Waals surface area (Å²) in [6.07, 6.45) is 3.15. The van der Waals surface area contributed by atoms with Gasteiger partial charge in [0.05, 0.1) is 0 Å². The molecule has 0 bridgehead atoms. The van der Waals surface area contributed by atoms with E-state index in [9.17, 15) is 0 Å². The smallest absolute Gasteiger partial charge is 0.238 e. The SMILES string of the molecule is CCCn1nncc1Oc1ccccc1CCO. The number of hydrogen-bond donors (Lipinski definition) is 1. The molecule has 18 heavy (non-hydrogen) atoms. The molecule has 1 heterocycles. The van der Waals surface area contributed by atoms with E-state index in [1.165, 1.54) is 0 Å². The third-order valence-corrected chi connectivity index (χ3v) is 2.59. The Balaban J connectivity index is 2.20. The molecule has 0 amide bonds. The molecule has 0 fully saturated rings. The minimum atomic E-state index is 0.104. The van der Waals surface area contributed by atoms with Gasteiger partial charge in [-0.25, -0.2) is 4.68 Å². The Labute approximate surface area is 106 Å². The van der Waals surface area contributed by atoms with Gasteiger partial charge in [0.15, 0.2) is 0 Å². The number of aromatic nitrogens is 3. The summed E-state index contributed by atoms with van der Waals surface area (Å²) in [5, 5.41) is 16.8. The van der Waals surface area contributed by atoms with Crippen molar-refractivity contribution in [1.29, 1.82) is 0 Å². The van der Waals surface area contributed by atoms with Crippen LogP contribution in [0.5, 0.6) is 11.6 Å². The molecule has 0 aliphatic carbocycles. The topological polar surface area (TPSA) is 60.2 Å². The van der Waals surface area contributed by atoms with Gasteiger partial charge in [0, 0.05) is 13.2 Å². The normalized spacial score (nSPS) is 10.6. The molecule has 0 aliphatic heterocycles. The van der Waals surface area contributed by atoms with Gasteiger partial charge in [0.25, 0.3) is 0 Å². The van der Waals surface area contributed by atoms with Crippen molar-refractivity contribution in [2.45, 2.75) is 26.3 Å². The van der Waals surface area contributed by atoms with Crippen molar-refractivity contribution >= 4 is 0 Å². The number of benzene rings is 1.